The van der Waals surface area contributed by atoms with Gasteiger partial charge in [0.1, 0.15) is 6.61 Å². The van der Waals surface area contributed by atoms with E-state index in [1.807, 2.05) is 0 Å². The summed E-state index contributed by atoms with van der Waals surface area (Å²) in [6, 6.07) is 6.39. The van der Waals surface area contributed by atoms with E-state index < -0.39 is 5.82 Å². The third kappa shape index (κ3) is 2.78. The number of halogens is 2. The first-order valence-electron chi connectivity index (χ1n) is 5.41. The van der Waals surface area contributed by atoms with Crippen LogP contribution in [-0.2, 0) is 13.2 Å². The van der Waals surface area contributed by atoms with Crippen molar-refractivity contribution in [3.8, 4) is 5.75 Å². The fraction of sp³-hybridized carbons (Fsp3) is 0.154. The fourth-order valence-corrected chi connectivity index (χ4v) is 1.72. The molecule has 2 N–H and O–H groups in total. The van der Waals surface area contributed by atoms with Gasteiger partial charge in [0.2, 0.25) is 0 Å². The Kier molecular flexibility index (Phi) is 4.12. The third-order valence-electron chi connectivity index (χ3n) is 2.50. The number of rotatable bonds is 4. The second-order valence-electron chi connectivity index (χ2n) is 3.69. The van der Waals surface area contributed by atoms with Crippen molar-refractivity contribution in [2.24, 2.45) is 5.73 Å². The van der Waals surface area contributed by atoms with Gasteiger partial charge in [-0.2, -0.15) is 0 Å². The predicted octanol–water partition coefficient (Wildman–Crippen LogP) is 2.91. The summed E-state index contributed by atoms with van der Waals surface area (Å²) in [7, 11) is 0. The summed E-state index contributed by atoms with van der Waals surface area (Å²) in [5, 5.41) is 0.489. The molecular weight excluding hydrogens is 255 g/mol. The molecule has 94 valence electrons. The molecule has 1 aromatic heterocycles. The summed E-state index contributed by atoms with van der Waals surface area (Å²) in [4.78, 5) is 3.87. The topological polar surface area (TPSA) is 48.1 Å². The highest BCUT2D eigenvalue weighted by molar-refractivity contribution is 6.31. The van der Waals surface area contributed by atoms with Crippen LogP contribution in [0.3, 0.4) is 0 Å². The maximum atomic E-state index is 13.6. The molecule has 1 heterocycles. The number of ether oxygens (including phenoxy) is 1. The Morgan fingerprint density at radius 3 is 2.83 bits per heavy atom. The SMILES string of the molecule is NCc1cccc(F)c1OCc1ccncc1Cl. The maximum Gasteiger partial charge on any atom is 0.165 e. The van der Waals surface area contributed by atoms with E-state index in [0.29, 0.717) is 10.6 Å². The molecule has 0 unspecified atom stereocenters. The normalized spacial score (nSPS) is 10.4. The average molecular weight is 267 g/mol. The van der Waals surface area contributed by atoms with Crippen LogP contribution >= 0.6 is 11.6 Å². The number of hydrogen-bond acceptors (Lipinski definition) is 3. The lowest BCUT2D eigenvalue weighted by molar-refractivity contribution is 0.287. The van der Waals surface area contributed by atoms with Gasteiger partial charge in [0.15, 0.2) is 11.6 Å². The van der Waals surface area contributed by atoms with Crippen LogP contribution in [-0.4, -0.2) is 4.98 Å². The largest absolute Gasteiger partial charge is 0.485 e. The van der Waals surface area contributed by atoms with Gasteiger partial charge < -0.3 is 10.5 Å². The summed E-state index contributed by atoms with van der Waals surface area (Å²) in [6.45, 7) is 0.395. The standard InChI is InChI=1S/C13H12ClFN2O/c14-11-7-17-5-4-10(11)8-18-13-9(6-16)2-1-3-12(13)15/h1-5,7H,6,8,16H2. The first-order valence-corrected chi connectivity index (χ1v) is 5.79. The van der Waals surface area contributed by atoms with Crippen LogP contribution in [0.1, 0.15) is 11.1 Å². The zero-order chi connectivity index (χ0) is 13.0. The van der Waals surface area contributed by atoms with Crippen molar-refractivity contribution < 1.29 is 9.13 Å². The molecule has 0 aliphatic carbocycles. The van der Waals surface area contributed by atoms with Crippen molar-refractivity contribution >= 4 is 11.6 Å². The van der Waals surface area contributed by atoms with Crippen molar-refractivity contribution in [3.63, 3.8) is 0 Å². The third-order valence-corrected chi connectivity index (χ3v) is 2.84. The predicted molar refractivity (Wildman–Crippen MR) is 67.9 cm³/mol. The second-order valence-corrected chi connectivity index (χ2v) is 4.10. The molecular formula is C13H12ClFN2O. The van der Waals surface area contributed by atoms with Crippen molar-refractivity contribution in [1.82, 2.24) is 4.98 Å². The molecule has 2 rings (SSSR count). The van der Waals surface area contributed by atoms with Crippen LogP contribution in [0.25, 0.3) is 0 Å². The Bertz CT molecular complexity index is 548. The summed E-state index contributed by atoms with van der Waals surface area (Å²) >= 11 is 5.94. The first-order chi connectivity index (χ1) is 8.72. The van der Waals surface area contributed by atoms with E-state index in [1.54, 1.807) is 24.4 Å². The lowest BCUT2D eigenvalue weighted by Crippen LogP contribution is -2.05. The van der Waals surface area contributed by atoms with Crippen molar-refractivity contribution in [2.75, 3.05) is 0 Å². The quantitative estimate of drug-likeness (QED) is 0.926. The molecule has 18 heavy (non-hydrogen) atoms. The van der Waals surface area contributed by atoms with Crippen LogP contribution in [0, 0.1) is 5.82 Å². The molecule has 0 bridgehead atoms. The number of pyridine rings is 1. The van der Waals surface area contributed by atoms with Crippen LogP contribution in [0.2, 0.25) is 5.02 Å². The molecule has 0 saturated carbocycles. The second kappa shape index (κ2) is 5.80. The molecule has 0 atom stereocenters. The van der Waals surface area contributed by atoms with E-state index >= 15 is 0 Å². The van der Waals surface area contributed by atoms with Gasteiger partial charge in [-0.05, 0) is 12.1 Å². The first kappa shape index (κ1) is 12.8. The van der Waals surface area contributed by atoms with Gasteiger partial charge >= 0.3 is 0 Å². The smallest absolute Gasteiger partial charge is 0.165 e. The molecule has 0 spiro atoms. The van der Waals surface area contributed by atoms with E-state index in [4.69, 9.17) is 22.1 Å². The van der Waals surface area contributed by atoms with Gasteiger partial charge in [0.05, 0.1) is 5.02 Å². The van der Waals surface area contributed by atoms with Gasteiger partial charge in [-0.3, -0.25) is 4.98 Å². The van der Waals surface area contributed by atoms with Crippen LogP contribution in [0.4, 0.5) is 4.39 Å². The maximum absolute atomic E-state index is 13.6. The number of hydrogen-bond donors (Lipinski definition) is 1. The molecule has 5 heteroatoms. The highest BCUT2D eigenvalue weighted by Crippen LogP contribution is 2.24. The Morgan fingerprint density at radius 2 is 2.11 bits per heavy atom. The van der Waals surface area contributed by atoms with E-state index in [-0.39, 0.29) is 18.9 Å². The Hall–Kier alpha value is -1.65. The minimum absolute atomic E-state index is 0.174. The monoisotopic (exact) mass is 266 g/mol. The fourth-order valence-electron chi connectivity index (χ4n) is 1.55. The molecule has 0 aliphatic heterocycles. The Morgan fingerprint density at radius 1 is 1.28 bits per heavy atom. The van der Waals surface area contributed by atoms with Crippen molar-refractivity contribution in [1.29, 1.82) is 0 Å². The molecule has 0 saturated heterocycles. The van der Waals surface area contributed by atoms with Gasteiger partial charge in [0.25, 0.3) is 0 Å². The lowest BCUT2D eigenvalue weighted by Gasteiger charge is -2.11. The zero-order valence-electron chi connectivity index (χ0n) is 9.57. The van der Waals surface area contributed by atoms with E-state index in [1.165, 1.54) is 12.3 Å². The Balaban J connectivity index is 2.18. The molecule has 1 aromatic carbocycles. The van der Waals surface area contributed by atoms with Gasteiger partial charge in [-0.25, -0.2) is 4.39 Å². The molecule has 2 aromatic rings. The van der Waals surface area contributed by atoms with Crippen molar-refractivity contribution in [3.05, 3.63) is 58.6 Å². The molecule has 0 amide bonds. The van der Waals surface area contributed by atoms with Crippen LogP contribution in [0.5, 0.6) is 5.75 Å². The van der Waals surface area contributed by atoms with Crippen molar-refractivity contribution in [2.45, 2.75) is 13.2 Å². The number of para-hydroxylation sites is 1. The molecule has 0 radical (unpaired) electrons. The zero-order valence-corrected chi connectivity index (χ0v) is 10.3. The van der Waals surface area contributed by atoms with Gasteiger partial charge in [-0.1, -0.05) is 23.7 Å². The summed E-state index contributed by atoms with van der Waals surface area (Å²) < 4.78 is 19.1. The summed E-state index contributed by atoms with van der Waals surface area (Å²) in [6.07, 6.45) is 3.13. The molecule has 0 fully saturated rings. The minimum atomic E-state index is -0.428. The molecule has 0 aliphatic rings. The van der Waals surface area contributed by atoms with Gasteiger partial charge in [-0.15, -0.1) is 0 Å². The number of nitrogens with two attached hydrogens (primary N) is 1. The van der Waals surface area contributed by atoms with Crippen LogP contribution in [0.15, 0.2) is 36.7 Å². The van der Waals surface area contributed by atoms with Crippen LogP contribution < -0.4 is 10.5 Å². The van der Waals surface area contributed by atoms with E-state index in [9.17, 15) is 4.39 Å². The number of benzene rings is 1. The number of nitrogens with zero attached hydrogens (tertiary/aromatic N) is 1. The highest BCUT2D eigenvalue weighted by atomic mass is 35.5. The summed E-state index contributed by atoms with van der Waals surface area (Å²) in [5.41, 5.74) is 6.91. The average Bonchev–Trinajstić information content (AvgIpc) is 2.39. The Labute approximate surface area is 109 Å². The summed E-state index contributed by atoms with van der Waals surface area (Å²) in [5.74, 6) is -0.254. The number of aromatic nitrogens is 1. The highest BCUT2D eigenvalue weighted by Gasteiger charge is 2.09. The van der Waals surface area contributed by atoms with E-state index in [0.717, 1.165) is 5.56 Å². The minimum Gasteiger partial charge on any atom is -0.485 e. The lowest BCUT2D eigenvalue weighted by atomic mass is 10.2. The van der Waals surface area contributed by atoms with E-state index in [2.05, 4.69) is 4.98 Å². The molecule has 3 nitrogen and oxygen atoms in total. The van der Waals surface area contributed by atoms with Gasteiger partial charge in [0, 0.05) is 30.1 Å².